The van der Waals surface area contributed by atoms with Crippen molar-refractivity contribution < 1.29 is 14.1 Å². The molecule has 1 aromatic heterocycles. The summed E-state index contributed by atoms with van der Waals surface area (Å²) in [5.41, 5.74) is -0.451. The molecule has 7 heteroatoms. The molecule has 18 heavy (non-hydrogen) atoms. The number of hydrogen-bond donors (Lipinski definition) is 0. The topological polar surface area (TPSA) is 65.3 Å². The molecule has 0 fully saturated rings. The van der Waals surface area contributed by atoms with E-state index in [-0.39, 0.29) is 11.6 Å². The number of nitro groups is 1. The van der Waals surface area contributed by atoms with Crippen molar-refractivity contribution in [3.8, 4) is 11.6 Å². The second kappa shape index (κ2) is 5.09. The van der Waals surface area contributed by atoms with Gasteiger partial charge in [-0.15, -0.1) is 0 Å². The monoisotopic (exact) mass is 312 g/mol. The van der Waals surface area contributed by atoms with Crippen molar-refractivity contribution in [1.29, 1.82) is 0 Å². The van der Waals surface area contributed by atoms with Crippen molar-refractivity contribution >= 4 is 21.6 Å². The lowest BCUT2D eigenvalue weighted by atomic mass is 10.3. The van der Waals surface area contributed by atoms with Crippen LogP contribution in [-0.4, -0.2) is 9.91 Å². The number of rotatable bonds is 3. The van der Waals surface area contributed by atoms with Gasteiger partial charge in [-0.1, -0.05) is 0 Å². The van der Waals surface area contributed by atoms with Crippen LogP contribution in [0.4, 0.5) is 10.1 Å². The number of benzene rings is 1. The van der Waals surface area contributed by atoms with Crippen molar-refractivity contribution in [2.45, 2.75) is 0 Å². The van der Waals surface area contributed by atoms with Crippen molar-refractivity contribution in [3.63, 3.8) is 0 Å². The van der Waals surface area contributed by atoms with E-state index in [0.717, 1.165) is 12.1 Å². The lowest BCUT2D eigenvalue weighted by Crippen LogP contribution is -1.95. The minimum Gasteiger partial charge on any atom is -0.431 e. The molecule has 0 aliphatic heterocycles. The molecule has 5 nitrogen and oxygen atoms in total. The van der Waals surface area contributed by atoms with E-state index < -0.39 is 16.4 Å². The zero-order valence-corrected chi connectivity index (χ0v) is 10.4. The van der Waals surface area contributed by atoms with Gasteiger partial charge in [-0.05, 0) is 40.2 Å². The summed E-state index contributed by atoms with van der Waals surface area (Å²) in [5, 5.41) is 10.8. The van der Waals surface area contributed by atoms with Gasteiger partial charge in [0.05, 0.1) is 15.5 Å². The van der Waals surface area contributed by atoms with E-state index in [9.17, 15) is 14.5 Å². The van der Waals surface area contributed by atoms with E-state index in [1.54, 1.807) is 12.1 Å². The first-order valence-electron chi connectivity index (χ1n) is 4.80. The van der Waals surface area contributed by atoms with Crippen LogP contribution < -0.4 is 4.74 Å². The molecule has 0 radical (unpaired) electrons. The third-order valence-corrected chi connectivity index (χ3v) is 2.65. The Morgan fingerprint density at radius 1 is 1.39 bits per heavy atom. The summed E-state index contributed by atoms with van der Waals surface area (Å²) in [4.78, 5) is 14.0. The van der Waals surface area contributed by atoms with Crippen molar-refractivity contribution in [1.82, 2.24) is 4.98 Å². The van der Waals surface area contributed by atoms with Crippen LogP contribution in [0.15, 0.2) is 41.0 Å². The van der Waals surface area contributed by atoms with Gasteiger partial charge in [-0.3, -0.25) is 10.1 Å². The summed E-state index contributed by atoms with van der Waals surface area (Å²) < 4.78 is 18.8. The van der Waals surface area contributed by atoms with Crippen LogP contribution in [0.25, 0.3) is 0 Å². The van der Waals surface area contributed by atoms with Gasteiger partial charge in [0.15, 0.2) is 0 Å². The largest absolute Gasteiger partial charge is 0.431 e. The number of ether oxygens (including phenoxy) is 1. The fourth-order valence-corrected chi connectivity index (χ4v) is 1.61. The fourth-order valence-electron chi connectivity index (χ4n) is 1.27. The molecule has 0 aliphatic carbocycles. The van der Waals surface area contributed by atoms with Gasteiger partial charge in [0.25, 0.3) is 0 Å². The number of hydrogen-bond acceptors (Lipinski definition) is 4. The number of pyridine rings is 1. The molecule has 2 aromatic rings. The molecule has 2 rings (SSSR count). The highest BCUT2D eigenvalue weighted by atomic mass is 79.9. The van der Waals surface area contributed by atoms with Crippen LogP contribution >= 0.6 is 15.9 Å². The number of aromatic nitrogens is 1. The number of nitrogens with zero attached hydrogens (tertiary/aromatic N) is 2. The zero-order chi connectivity index (χ0) is 13.1. The van der Waals surface area contributed by atoms with Crippen LogP contribution in [0.5, 0.6) is 11.6 Å². The molecule has 0 amide bonds. The van der Waals surface area contributed by atoms with E-state index in [2.05, 4.69) is 20.9 Å². The maximum atomic E-state index is 12.9. The molecule has 0 unspecified atom stereocenters. The Hall–Kier alpha value is -2.02. The van der Waals surface area contributed by atoms with Crippen molar-refractivity contribution in [3.05, 3.63) is 56.9 Å². The van der Waals surface area contributed by atoms with E-state index in [0.29, 0.717) is 4.47 Å². The molecule has 0 atom stereocenters. The van der Waals surface area contributed by atoms with E-state index in [1.165, 1.54) is 12.3 Å². The molecular weight excluding hydrogens is 307 g/mol. The molecule has 0 saturated heterocycles. The van der Waals surface area contributed by atoms with Gasteiger partial charge in [0.1, 0.15) is 5.82 Å². The number of nitro benzene ring substituents is 1. The van der Waals surface area contributed by atoms with Gasteiger partial charge >= 0.3 is 5.69 Å². The molecule has 1 heterocycles. The quantitative estimate of drug-likeness (QED) is 0.640. The van der Waals surface area contributed by atoms with Crippen LogP contribution in [0.2, 0.25) is 0 Å². The molecule has 0 spiro atoms. The lowest BCUT2D eigenvalue weighted by molar-refractivity contribution is -0.385. The Morgan fingerprint density at radius 3 is 2.83 bits per heavy atom. The van der Waals surface area contributed by atoms with Crippen LogP contribution in [-0.2, 0) is 0 Å². The second-order valence-electron chi connectivity index (χ2n) is 3.26. The average molecular weight is 313 g/mol. The van der Waals surface area contributed by atoms with Gasteiger partial charge < -0.3 is 4.74 Å². The Morgan fingerprint density at radius 2 is 2.17 bits per heavy atom. The van der Waals surface area contributed by atoms with Crippen LogP contribution in [0, 0.1) is 15.9 Å². The molecule has 0 bridgehead atoms. The highest BCUT2D eigenvalue weighted by Gasteiger charge is 2.18. The first-order valence-corrected chi connectivity index (χ1v) is 5.59. The van der Waals surface area contributed by atoms with E-state index in [1.807, 2.05) is 0 Å². The Balaban J connectivity index is 2.41. The SMILES string of the molecule is O=[N+]([O-])c1cc(F)ccc1Oc1ncccc1Br. The Labute approximate surface area is 110 Å². The Bertz CT molecular complexity index is 607. The summed E-state index contributed by atoms with van der Waals surface area (Å²) in [6.07, 6.45) is 1.48. The summed E-state index contributed by atoms with van der Waals surface area (Å²) in [7, 11) is 0. The van der Waals surface area contributed by atoms with Crippen molar-refractivity contribution in [2.75, 3.05) is 0 Å². The zero-order valence-electron chi connectivity index (χ0n) is 8.84. The van der Waals surface area contributed by atoms with Crippen LogP contribution in [0.3, 0.4) is 0 Å². The van der Waals surface area contributed by atoms with Crippen LogP contribution in [0.1, 0.15) is 0 Å². The Kier molecular flexibility index (Phi) is 3.52. The predicted octanol–water partition coefficient (Wildman–Crippen LogP) is 3.68. The third kappa shape index (κ3) is 2.62. The smallest absolute Gasteiger partial charge is 0.314 e. The first-order chi connectivity index (χ1) is 8.58. The number of halogens is 2. The molecule has 0 N–H and O–H groups in total. The highest BCUT2D eigenvalue weighted by molar-refractivity contribution is 9.10. The van der Waals surface area contributed by atoms with Gasteiger partial charge in [-0.25, -0.2) is 9.37 Å². The van der Waals surface area contributed by atoms with E-state index in [4.69, 9.17) is 4.74 Å². The fraction of sp³-hybridized carbons (Fsp3) is 0. The second-order valence-corrected chi connectivity index (χ2v) is 4.12. The maximum Gasteiger partial charge on any atom is 0.314 e. The molecule has 92 valence electrons. The summed E-state index contributed by atoms with van der Waals surface area (Å²) in [5.74, 6) is -0.595. The molecule has 0 saturated carbocycles. The average Bonchev–Trinajstić information content (AvgIpc) is 2.34. The third-order valence-electron chi connectivity index (χ3n) is 2.05. The summed E-state index contributed by atoms with van der Waals surface area (Å²) in [6, 6.07) is 6.42. The van der Waals surface area contributed by atoms with Gasteiger partial charge in [-0.2, -0.15) is 0 Å². The molecule has 0 aliphatic rings. The molecular formula is C11H6BrFN2O3. The normalized spacial score (nSPS) is 10.1. The predicted molar refractivity (Wildman–Crippen MR) is 65.1 cm³/mol. The first kappa shape index (κ1) is 12.4. The lowest BCUT2D eigenvalue weighted by Gasteiger charge is -2.06. The summed E-state index contributed by atoms with van der Waals surface area (Å²) in [6.45, 7) is 0. The summed E-state index contributed by atoms with van der Waals surface area (Å²) >= 11 is 3.20. The maximum absolute atomic E-state index is 12.9. The van der Waals surface area contributed by atoms with E-state index >= 15 is 0 Å². The minimum atomic E-state index is -0.713. The molecule has 1 aromatic carbocycles. The van der Waals surface area contributed by atoms with Crippen molar-refractivity contribution in [2.24, 2.45) is 0 Å². The standard InChI is InChI=1S/C11H6BrFN2O3/c12-8-2-1-5-14-11(8)18-10-4-3-7(13)6-9(10)15(16)17/h1-6H. The highest BCUT2D eigenvalue weighted by Crippen LogP contribution is 2.33. The van der Waals surface area contributed by atoms with Gasteiger partial charge in [0.2, 0.25) is 11.6 Å². The minimum absolute atomic E-state index is 0.0687. The van der Waals surface area contributed by atoms with Gasteiger partial charge in [0, 0.05) is 6.20 Å².